The highest BCUT2D eigenvalue weighted by Crippen LogP contribution is 2.24. The van der Waals surface area contributed by atoms with Crippen molar-refractivity contribution in [1.29, 1.82) is 0 Å². The fourth-order valence-corrected chi connectivity index (χ4v) is 1.81. The van der Waals surface area contributed by atoms with Gasteiger partial charge in [-0.2, -0.15) is 0 Å². The van der Waals surface area contributed by atoms with Gasteiger partial charge in [-0.05, 0) is 31.5 Å². The van der Waals surface area contributed by atoms with Crippen LogP contribution in [-0.2, 0) is 4.79 Å². The lowest BCUT2D eigenvalue weighted by molar-refractivity contribution is -0.122. The molecule has 20 heavy (non-hydrogen) atoms. The summed E-state index contributed by atoms with van der Waals surface area (Å²) in [5.41, 5.74) is 6.53. The minimum Gasteiger partial charge on any atom is -0.478 e. The Kier molecular flexibility index (Phi) is 5.37. The Morgan fingerprint density at radius 3 is 2.65 bits per heavy atom. The number of hydrogen-bond acceptors (Lipinski definition) is 4. The first-order chi connectivity index (χ1) is 9.38. The van der Waals surface area contributed by atoms with Crippen LogP contribution in [0.15, 0.2) is 18.2 Å². The quantitative estimate of drug-likeness (QED) is 0.682. The van der Waals surface area contributed by atoms with Crippen molar-refractivity contribution in [2.45, 2.75) is 26.3 Å². The summed E-state index contributed by atoms with van der Waals surface area (Å²) >= 11 is 0. The van der Waals surface area contributed by atoms with Crippen molar-refractivity contribution < 1.29 is 14.7 Å². The number of hydrogen-bond donors (Lipinski definition) is 3. The zero-order chi connectivity index (χ0) is 15.3. The summed E-state index contributed by atoms with van der Waals surface area (Å²) in [4.78, 5) is 24.8. The lowest BCUT2D eigenvalue weighted by atomic mass is 10.1. The van der Waals surface area contributed by atoms with E-state index in [0.717, 1.165) is 6.42 Å². The molecule has 0 heterocycles. The first-order valence-corrected chi connectivity index (χ1v) is 6.51. The third-order valence-electron chi connectivity index (χ3n) is 3.14. The first kappa shape index (κ1) is 15.8. The van der Waals surface area contributed by atoms with Gasteiger partial charge in [0.2, 0.25) is 5.91 Å². The molecule has 1 unspecified atom stereocenters. The molecule has 0 aliphatic rings. The summed E-state index contributed by atoms with van der Waals surface area (Å²) in [6.45, 7) is 4.30. The largest absolute Gasteiger partial charge is 0.478 e. The molecular weight excluding hydrogens is 258 g/mol. The average Bonchev–Trinajstić information content (AvgIpc) is 2.42. The van der Waals surface area contributed by atoms with Gasteiger partial charge in [-0.25, -0.2) is 4.79 Å². The second kappa shape index (κ2) is 6.79. The summed E-state index contributed by atoms with van der Waals surface area (Å²) in [7, 11) is 1.69. The molecule has 0 aliphatic carbocycles. The number of nitrogens with two attached hydrogens (primary N) is 1. The van der Waals surface area contributed by atoms with Crippen LogP contribution in [-0.4, -0.2) is 36.6 Å². The molecular formula is C14H21N3O3. The van der Waals surface area contributed by atoms with Crippen LogP contribution in [0.25, 0.3) is 0 Å². The molecule has 0 saturated carbocycles. The molecule has 0 fully saturated rings. The zero-order valence-corrected chi connectivity index (χ0v) is 12.0. The van der Waals surface area contributed by atoms with Gasteiger partial charge in [-0.1, -0.05) is 6.92 Å². The van der Waals surface area contributed by atoms with E-state index in [4.69, 9.17) is 5.73 Å². The second-order valence-electron chi connectivity index (χ2n) is 4.66. The Labute approximate surface area is 118 Å². The number of amides is 1. The van der Waals surface area contributed by atoms with Crippen LogP contribution >= 0.6 is 0 Å². The Bertz CT molecular complexity index is 502. The minimum absolute atomic E-state index is 0.0858. The van der Waals surface area contributed by atoms with Gasteiger partial charge in [0.1, 0.15) is 6.04 Å². The van der Waals surface area contributed by atoms with Crippen LogP contribution in [0.1, 0.15) is 30.6 Å². The van der Waals surface area contributed by atoms with Crippen LogP contribution in [0.4, 0.5) is 11.4 Å². The molecule has 1 aromatic carbocycles. The molecule has 1 atom stereocenters. The molecule has 6 heteroatoms. The van der Waals surface area contributed by atoms with E-state index in [-0.39, 0.29) is 11.5 Å². The van der Waals surface area contributed by atoms with Gasteiger partial charge < -0.3 is 21.1 Å². The number of nitrogens with one attached hydrogen (secondary N) is 1. The van der Waals surface area contributed by atoms with Crippen molar-refractivity contribution in [1.82, 2.24) is 5.32 Å². The Morgan fingerprint density at radius 2 is 2.10 bits per heavy atom. The lowest BCUT2D eigenvalue weighted by Gasteiger charge is -2.27. The van der Waals surface area contributed by atoms with Crippen LogP contribution in [0.5, 0.6) is 0 Å². The third kappa shape index (κ3) is 3.63. The van der Waals surface area contributed by atoms with Gasteiger partial charge in [0, 0.05) is 19.3 Å². The Balaban J connectivity index is 2.99. The van der Waals surface area contributed by atoms with E-state index in [9.17, 15) is 14.7 Å². The molecule has 1 aromatic rings. The van der Waals surface area contributed by atoms with E-state index in [2.05, 4.69) is 5.32 Å². The normalized spacial score (nSPS) is 11.8. The highest BCUT2D eigenvalue weighted by molar-refractivity contribution is 5.97. The van der Waals surface area contributed by atoms with Gasteiger partial charge in [0.05, 0.1) is 11.3 Å². The zero-order valence-electron chi connectivity index (χ0n) is 12.0. The number of carbonyl (C=O) groups is 2. The van der Waals surface area contributed by atoms with E-state index in [1.54, 1.807) is 31.0 Å². The summed E-state index contributed by atoms with van der Waals surface area (Å²) in [5.74, 6) is -1.21. The summed E-state index contributed by atoms with van der Waals surface area (Å²) in [6, 6.07) is 4.16. The molecule has 4 N–H and O–H groups in total. The Morgan fingerprint density at radius 1 is 1.45 bits per heavy atom. The maximum absolute atomic E-state index is 11.9. The number of benzene rings is 1. The predicted molar refractivity (Wildman–Crippen MR) is 79.0 cm³/mol. The van der Waals surface area contributed by atoms with Gasteiger partial charge >= 0.3 is 5.97 Å². The molecule has 1 rings (SSSR count). The Hall–Kier alpha value is -2.24. The number of rotatable bonds is 6. The number of nitrogen functional groups attached to an aromatic ring is 1. The van der Waals surface area contributed by atoms with Crippen molar-refractivity contribution >= 4 is 23.3 Å². The van der Waals surface area contributed by atoms with Gasteiger partial charge in [0.15, 0.2) is 0 Å². The molecule has 0 aliphatic heterocycles. The minimum atomic E-state index is -1.07. The monoisotopic (exact) mass is 279 g/mol. The van der Waals surface area contributed by atoms with E-state index < -0.39 is 12.0 Å². The first-order valence-electron chi connectivity index (χ1n) is 6.51. The summed E-state index contributed by atoms with van der Waals surface area (Å²) in [5, 5.41) is 12.0. The molecule has 1 amide bonds. The summed E-state index contributed by atoms with van der Waals surface area (Å²) in [6.07, 6.45) is 0.852. The molecule has 0 aromatic heterocycles. The van der Waals surface area contributed by atoms with Crippen molar-refractivity contribution in [3.8, 4) is 0 Å². The maximum Gasteiger partial charge on any atom is 0.337 e. The number of nitrogens with zero attached hydrogens (tertiary/aromatic N) is 1. The molecule has 110 valence electrons. The van der Waals surface area contributed by atoms with Crippen LogP contribution in [0, 0.1) is 0 Å². The van der Waals surface area contributed by atoms with Crippen LogP contribution in [0.2, 0.25) is 0 Å². The van der Waals surface area contributed by atoms with Crippen molar-refractivity contribution in [3.63, 3.8) is 0 Å². The van der Waals surface area contributed by atoms with Crippen LogP contribution < -0.4 is 16.0 Å². The summed E-state index contributed by atoms with van der Waals surface area (Å²) < 4.78 is 0. The van der Waals surface area contributed by atoms with Crippen molar-refractivity contribution in [2.24, 2.45) is 0 Å². The topological polar surface area (TPSA) is 95.7 Å². The van der Waals surface area contributed by atoms with E-state index in [0.29, 0.717) is 17.9 Å². The lowest BCUT2D eigenvalue weighted by Crippen LogP contribution is -2.44. The predicted octanol–water partition coefficient (Wildman–Crippen LogP) is 1.32. The number of carboxylic acids is 1. The smallest absolute Gasteiger partial charge is 0.337 e. The fraction of sp³-hybridized carbons (Fsp3) is 0.429. The van der Waals surface area contributed by atoms with Crippen molar-refractivity contribution in [2.75, 3.05) is 24.2 Å². The number of aromatic carboxylic acids is 1. The van der Waals surface area contributed by atoms with Gasteiger partial charge in [0.25, 0.3) is 0 Å². The molecule has 6 nitrogen and oxygen atoms in total. The molecule has 0 radical (unpaired) electrons. The third-order valence-corrected chi connectivity index (χ3v) is 3.14. The highest BCUT2D eigenvalue weighted by atomic mass is 16.4. The SMILES string of the molecule is CCCNC(=O)C(C)N(C)c1ccc(N)cc1C(=O)O. The van der Waals surface area contributed by atoms with Crippen LogP contribution in [0.3, 0.4) is 0 Å². The molecule has 0 bridgehead atoms. The number of anilines is 2. The van der Waals surface area contributed by atoms with Crippen molar-refractivity contribution in [3.05, 3.63) is 23.8 Å². The van der Waals surface area contributed by atoms with Gasteiger partial charge in [-0.15, -0.1) is 0 Å². The molecule has 0 spiro atoms. The second-order valence-corrected chi connectivity index (χ2v) is 4.66. The number of carbonyl (C=O) groups excluding carboxylic acids is 1. The van der Waals surface area contributed by atoms with E-state index in [1.807, 2.05) is 6.92 Å². The number of carboxylic acid groups (broad SMARTS) is 1. The fourth-order valence-electron chi connectivity index (χ4n) is 1.81. The standard InChI is InChI=1S/C14H21N3O3/c1-4-7-16-13(18)9(2)17(3)12-6-5-10(15)8-11(12)14(19)20/h5-6,8-9H,4,7,15H2,1-3H3,(H,16,18)(H,19,20). The maximum atomic E-state index is 11.9. The average molecular weight is 279 g/mol. The highest BCUT2D eigenvalue weighted by Gasteiger charge is 2.22. The molecule has 0 saturated heterocycles. The van der Waals surface area contributed by atoms with E-state index in [1.165, 1.54) is 6.07 Å². The number of likely N-dealkylation sites (N-methyl/N-ethyl adjacent to an activating group) is 1. The van der Waals surface area contributed by atoms with E-state index >= 15 is 0 Å². The van der Waals surface area contributed by atoms with Gasteiger partial charge in [-0.3, -0.25) is 4.79 Å².